The van der Waals surface area contributed by atoms with Crippen LogP contribution in [-0.2, 0) is 17.6 Å². The zero-order valence-corrected chi connectivity index (χ0v) is 15.6. The van der Waals surface area contributed by atoms with E-state index < -0.39 is 5.97 Å². The van der Waals surface area contributed by atoms with Gasteiger partial charge in [-0.2, -0.15) is 0 Å². The summed E-state index contributed by atoms with van der Waals surface area (Å²) in [6, 6.07) is 11.8. The van der Waals surface area contributed by atoms with Crippen molar-refractivity contribution >= 4 is 16.9 Å². The third-order valence-electron chi connectivity index (χ3n) is 4.47. The number of hydrogen-bond donors (Lipinski definition) is 1. The van der Waals surface area contributed by atoms with E-state index in [0.717, 1.165) is 11.1 Å². The minimum atomic E-state index is -0.621. The second kappa shape index (κ2) is 7.74. The molecular weight excluding hydrogens is 345 g/mol. The van der Waals surface area contributed by atoms with Gasteiger partial charge in [-0.15, -0.1) is 0 Å². The Hall–Kier alpha value is -2.95. The lowest BCUT2D eigenvalue weighted by Crippen LogP contribution is -2.22. The molecule has 4 nitrogen and oxygen atoms in total. The summed E-state index contributed by atoms with van der Waals surface area (Å²) >= 11 is 0. The summed E-state index contributed by atoms with van der Waals surface area (Å²) in [5, 5.41) is 0.450. The van der Waals surface area contributed by atoms with Gasteiger partial charge in [-0.05, 0) is 54.2 Å². The average molecular weight is 367 g/mol. The van der Waals surface area contributed by atoms with Crippen LogP contribution in [0.3, 0.4) is 0 Å². The van der Waals surface area contributed by atoms with Crippen LogP contribution in [0, 0.1) is 11.7 Å². The molecule has 0 aliphatic carbocycles. The average Bonchev–Trinajstić information content (AvgIpc) is 2.62. The molecule has 0 spiro atoms. The number of carbonyl (C=O) groups excluding carboxylic acids is 1. The summed E-state index contributed by atoms with van der Waals surface area (Å²) in [7, 11) is 1.27. The predicted molar refractivity (Wildman–Crippen MR) is 104 cm³/mol. The van der Waals surface area contributed by atoms with Crippen LogP contribution >= 0.6 is 0 Å². The van der Waals surface area contributed by atoms with Gasteiger partial charge in [0.15, 0.2) is 0 Å². The first kappa shape index (κ1) is 18.8. The van der Waals surface area contributed by atoms with Crippen LogP contribution in [-0.4, -0.2) is 18.1 Å². The van der Waals surface area contributed by atoms with E-state index in [-0.39, 0.29) is 22.7 Å². The van der Waals surface area contributed by atoms with Crippen molar-refractivity contribution in [1.29, 1.82) is 0 Å². The largest absolute Gasteiger partial charge is 0.465 e. The molecule has 2 aromatic carbocycles. The van der Waals surface area contributed by atoms with E-state index in [2.05, 4.69) is 4.98 Å². The number of halogens is 1. The number of pyridine rings is 1. The lowest BCUT2D eigenvalue weighted by molar-refractivity contribution is 0.0597. The fourth-order valence-electron chi connectivity index (χ4n) is 3.22. The molecule has 1 N–H and O–H groups in total. The molecule has 3 aromatic rings. The first-order valence-electron chi connectivity index (χ1n) is 8.89. The topological polar surface area (TPSA) is 59.2 Å². The quantitative estimate of drug-likeness (QED) is 0.686. The zero-order chi connectivity index (χ0) is 19.6. The molecule has 0 amide bonds. The monoisotopic (exact) mass is 367 g/mol. The van der Waals surface area contributed by atoms with Gasteiger partial charge in [-0.1, -0.05) is 32.0 Å². The molecule has 0 fully saturated rings. The lowest BCUT2D eigenvalue weighted by atomic mass is 9.99. The van der Waals surface area contributed by atoms with Gasteiger partial charge in [0.2, 0.25) is 5.43 Å². The van der Waals surface area contributed by atoms with Crippen molar-refractivity contribution < 1.29 is 13.9 Å². The van der Waals surface area contributed by atoms with Gasteiger partial charge in [0.05, 0.1) is 7.11 Å². The Morgan fingerprint density at radius 1 is 1.11 bits per heavy atom. The maximum Gasteiger partial charge on any atom is 0.343 e. The molecule has 0 atom stereocenters. The lowest BCUT2D eigenvalue weighted by Gasteiger charge is -2.13. The zero-order valence-electron chi connectivity index (χ0n) is 15.6. The number of methoxy groups -OCH3 is 1. The predicted octanol–water partition coefficient (Wildman–Crippen LogP) is 4.24. The van der Waals surface area contributed by atoms with Gasteiger partial charge in [-0.25, -0.2) is 9.18 Å². The second-order valence-electron chi connectivity index (χ2n) is 7.08. The first-order chi connectivity index (χ1) is 12.9. The minimum Gasteiger partial charge on any atom is -0.465 e. The second-order valence-corrected chi connectivity index (χ2v) is 7.08. The standard InChI is InChI=1S/C22H22FNO3/c1-13(2)10-19-20(22(26)27-3)21(25)17-9-6-15(12-18(17)24-19)11-14-4-7-16(23)8-5-14/h4-9,12-13H,10-11H2,1-3H3,(H,24,25). The molecule has 1 aromatic heterocycles. The number of esters is 1. The van der Waals surface area contributed by atoms with Crippen molar-refractivity contribution in [2.45, 2.75) is 26.7 Å². The Morgan fingerprint density at radius 3 is 2.41 bits per heavy atom. The van der Waals surface area contributed by atoms with E-state index in [1.165, 1.54) is 19.2 Å². The van der Waals surface area contributed by atoms with Crippen molar-refractivity contribution in [2.75, 3.05) is 7.11 Å². The van der Waals surface area contributed by atoms with Gasteiger partial charge >= 0.3 is 5.97 Å². The maximum absolute atomic E-state index is 13.1. The van der Waals surface area contributed by atoms with Gasteiger partial charge in [0.25, 0.3) is 0 Å². The number of H-pyrrole nitrogens is 1. The number of aromatic nitrogens is 1. The fraction of sp³-hybridized carbons (Fsp3) is 0.273. The molecule has 27 heavy (non-hydrogen) atoms. The van der Waals surface area contributed by atoms with Gasteiger partial charge in [0, 0.05) is 16.6 Å². The Balaban J connectivity index is 2.08. The third kappa shape index (κ3) is 4.08. The van der Waals surface area contributed by atoms with Crippen LogP contribution < -0.4 is 5.43 Å². The molecule has 1 heterocycles. The van der Waals surface area contributed by atoms with Crippen LogP contribution in [0.4, 0.5) is 4.39 Å². The number of carbonyl (C=O) groups is 1. The minimum absolute atomic E-state index is 0.0741. The Bertz CT molecular complexity index is 1040. The molecule has 140 valence electrons. The number of hydrogen-bond acceptors (Lipinski definition) is 3. The Kier molecular flexibility index (Phi) is 5.40. The van der Waals surface area contributed by atoms with E-state index in [9.17, 15) is 14.0 Å². The Morgan fingerprint density at radius 2 is 1.78 bits per heavy atom. The summed E-state index contributed by atoms with van der Waals surface area (Å²) in [4.78, 5) is 28.3. The number of ether oxygens (including phenoxy) is 1. The van der Waals surface area contributed by atoms with Gasteiger partial charge < -0.3 is 9.72 Å². The highest BCUT2D eigenvalue weighted by molar-refractivity contribution is 5.95. The summed E-state index contributed by atoms with van der Waals surface area (Å²) < 4.78 is 17.9. The third-order valence-corrected chi connectivity index (χ3v) is 4.47. The number of rotatable bonds is 5. The molecule has 0 saturated carbocycles. The van der Waals surface area contributed by atoms with Crippen molar-refractivity contribution in [2.24, 2.45) is 5.92 Å². The van der Waals surface area contributed by atoms with Crippen LogP contribution in [0.15, 0.2) is 47.3 Å². The van der Waals surface area contributed by atoms with E-state index in [0.29, 0.717) is 29.4 Å². The molecule has 5 heteroatoms. The SMILES string of the molecule is COC(=O)c1c(CC(C)C)[nH]c2cc(Cc3ccc(F)cc3)ccc2c1=O. The molecule has 0 saturated heterocycles. The van der Waals surface area contributed by atoms with E-state index in [4.69, 9.17) is 4.74 Å². The summed E-state index contributed by atoms with van der Waals surface area (Å²) in [5.74, 6) is -0.622. The van der Waals surface area contributed by atoms with Gasteiger partial charge in [0.1, 0.15) is 11.4 Å². The summed E-state index contributed by atoms with van der Waals surface area (Å²) in [6.45, 7) is 4.04. The molecule has 0 bridgehead atoms. The highest BCUT2D eigenvalue weighted by Gasteiger charge is 2.20. The Labute approximate surface area is 157 Å². The van der Waals surface area contributed by atoms with Crippen molar-refractivity contribution in [1.82, 2.24) is 4.98 Å². The van der Waals surface area contributed by atoms with Crippen molar-refractivity contribution in [3.63, 3.8) is 0 Å². The molecule has 0 radical (unpaired) electrons. The number of nitrogens with one attached hydrogen (secondary N) is 1. The maximum atomic E-state index is 13.1. The highest BCUT2D eigenvalue weighted by atomic mass is 19.1. The summed E-state index contributed by atoms with van der Waals surface area (Å²) in [5.41, 5.74) is 3.00. The smallest absolute Gasteiger partial charge is 0.343 e. The fourth-order valence-corrected chi connectivity index (χ4v) is 3.22. The molecule has 3 rings (SSSR count). The number of benzene rings is 2. The molecule has 0 aliphatic heterocycles. The molecule has 0 unspecified atom stereocenters. The van der Waals surface area contributed by atoms with Crippen LogP contribution in [0.1, 0.15) is 41.0 Å². The van der Waals surface area contributed by atoms with Gasteiger partial charge in [-0.3, -0.25) is 4.79 Å². The summed E-state index contributed by atoms with van der Waals surface area (Å²) in [6.07, 6.45) is 1.19. The number of aromatic amines is 1. The normalized spacial score (nSPS) is 11.1. The van der Waals surface area contributed by atoms with Crippen LogP contribution in [0.5, 0.6) is 0 Å². The highest BCUT2D eigenvalue weighted by Crippen LogP contribution is 2.19. The number of fused-ring (bicyclic) bond motifs is 1. The van der Waals surface area contributed by atoms with E-state index in [1.54, 1.807) is 18.2 Å². The molecular formula is C22H22FNO3. The van der Waals surface area contributed by atoms with Crippen molar-refractivity contribution in [3.8, 4) is 0 Å². The van der Waals surface area contributed by atoms with Crippen LogP contribution in [0.2, 0.25) is 0 Å². The van der Waals surface area contributed by atoms with E-state index in [1.807, 2.05) is 26.0 Å². The van der Waals surface area contributed by atoms with E-state index >= 15 is 0 Å². The first-order valence-corrected chi connectivity index (χ1v) is 8.89. The molecule has 0 aliphatic rings. The van der Waals surface area contributed by atoms with Crippen molar-refractivity contribution in [3.05, 3.63) is 80.9 Å². The van der Waals surface area contributed by atoms with Crippen LogP contribution in [0.25, 0.3) is 10.9 Å².